The first kappa shape index (κ1) is 37.8. The number of aromatic hydroxyl groups is 1. The number of nitrogens with zero attached hydrogens (tertiary/aromatic N) is 3. The van der Waals surface area contributed by atoms with Crippen LogP contribution in [0.5, 0.6) is 11.5 Å². The summed E-state index contributed by atoms with van der Waals surface area (Å²) < 4.78 is 12.7. The average molecular weight is 747 g/mol. The minimum Gasteiger partial charge on any atom is -0.504 e. The second-order valence-electron chi connectivity index (χ2n) is 17.9. The van der Waals surface area contributed by atoms with E-state index in [-0.39, 0.29) is 48.2 Å². The third-order valence-electron chi connectivity index (χ3n) is 14.1. The first-order valence-corrected chi connectivity index (χ1v) is 20.8. The van der Waals surface area contributed by atoms with E-state index in [4.69, 9.17) is 20.2 Å². The Morgan fingerprint density at radius 2 is 1.89 bits per heavy atom. The van der Waals surface area contributed by atoms with Gasteiger partial charge in [0.2, 0.25) is 0 Å². The second kappa shape index (κ2) is 16.2. The normalized spacial score (nSPS) is 40.9. The van der Waals surface area contributed by atoms with Gasteiger partial charge in [-0.15, -0.1) is 0 Å². The number of hydrogen-bond acceptors (Lipinski definition) is 12. The van der Waals surface area contributed by atoms with Crippen LogP contribution in [0, 0.1) is 52.8 Å². The van der Waals surface area contributed by atoms with Gasteiger partial charge in [0, 0.05) is 70.5 Å². The van der Waals surface area contributed by atoms with Crippen LogP contribution in [0.15, 0.2) is 17.1 Å². The zero-order valence-corrected chi connectivity index (χ0v) is 32.1. The van der Waals surface area contributed by atoms with Crippen LogP contribution >= 0.6 is 0 Å². The molecule has 3 saturated heterocycles. The van der Waals surface area contributed by atoms with E-state index in [0.29, 0.717) is 61.1 Å². The molecule has 6 aliphatic heterocycles. The lowest BCUT2D eigenvalue weighted by Gasteiger charge is -2.50. The Hall–Kier alpha value is -3.08. The molecule has 2 unspecified atom stereocenters. The largest absolute Gasteiger partial charge is 0.504 e. The number of carbonyl (C=O) groups is 1. The first-order valence-electron chi connectivity index (χ1n) is 20.8. The third kappa shape index (κ3) is 8.36. The number of aliphatic hydroxyl groups is 2. The number of nitrogens with two attached hydrogens (primary N) is 1. The Morgan fingerprint density at radius 3 is 2.69 bits per heavy atom. The lowest BCUT2D eigenvalue weighted by Crippen LogP contribution is -2.55. The molecular formula is C42H62N6O6. The topological polar surface area (TPSA) is 165 Å². The number of benzene rings is 1. The number of fused-ring (bicyclic) bond motifs is 9. The number of carbonyl (C=O) groups excluding carboxylic acids is 1. The van der Waals surface area contributed by atoms with Gasteiger partial charge in [0.1, 0.15) is 12.2 Å². The van der Waals surface area contributed by atoms with Crippen molar-refractivity contribution >= 4 is 11.9 Å². The number of nitrogens with one attached hydrogen (secondary N) is 2. The molecule has 1 aromatic carbocycles. The van der Waals surface area contributed by atoms with E-state index in [9.17, 15) is 20.1 Å². The van der Waals surface area contributed by atoms with Crippen LogP contribution in [-0.4, -0.2) is 114 Å². The number of hydrogen-bond donors (Lipinski definition) is 6. The summed E-state index contributed by atoms with van der Waals surface area (Å²) in [4.78, 5) is 22.8. The lowest BCUT2D eigenvalue weighted by molar-refractivity contribution is -0.153. The molecule has 9 rings (SSSR count). The molecule has 6 heterocycles. The number of ether oxygens (including phenoxy) is 2. The van der Waals surface area contributed by atoms with Crippen molar-refractivity contribution in [2.24, 2.45) is 51.6 Å². The van der Waals surface area contributed by atoms with Gasteiger partial charge >= 0.3 is 5.97 Å². The van der Waals surface area contributed by atoms with Crippen molar-refractivity contribution in [1.82, 2.24) is 20.4 Å². The van der Waals surface area contributed by atoms with E-state index in [1.54, 1.807) is 6.07 Å². The van der Waals surface area contributed by atoms with E-state index in [2.05, 4.69) is 32.3 Å². The molecule has 8 aliphatic rings. The van der Waals surface area contributed by atoms with Crippen molar-refractivity contribution in [3.8, 4) is 23.3 Å². The van der Waals surface area contributed by atoms with Gasteiger partial charge in [0.15, 0.2) is 17.5 Å². The molecule has 1 aromatic rings. The summed E-state index contributed by atoms with van der Waals surface area (Å²) in [5.74, 6) is 9.53. The van der Waals surface area contributed by atoms with E-state index in [0.717, 1.165) is 96.2 Å². The molecule has 296 valence electrons. The molecule has 1 spiro atoms. The average Bonchev–Trinajstić information content (AvgIpc) is 3.15. The summed E-state index contributed by atoms with van der Waals surface area (Å²) in [5, 5.41) is 41.0. The molecule has 2 aliphatic carbocycles. The smallest absolute Gasteiger partial charge is 0.302 e. The Balaban J connectivity index is 1.22. The number of phenolic OH excluding ortho intramolecular Hbond substituents is 1. The van der Waals surface area contributed by atoms with Crippen LogP contribution in [0.25, 0.3) is 0 Å². The molecular weight excluding hydrogens is 684 g/mol. The molecule has 0 radical (unpaired) electrons. The van der Waals surface area contributed by atoms with Crippen LogP contribution in [0.1, 0.15) is 82.3 Å². The van der Waals surface area contributed by atoms with E-state index in [1.165, 1.54) is 13.3 Å². The van der Waals surface area contributed by atoms with Crippen molar-refractivity contribution in [3.63, 3.8) is 0 Å². The van der Waals surface area contributed by atoms with Crippen molar-refractivity contribution in [1.29, 1.82) is 0 Å². The Bertz CT molecular complexity index is 1600. The Labute approximate surface area is 320 Å². The van der Waals surface area contributed by atoms with Gasteiger partial charge in [-0.1, -0.05) is 18.3 Å². The molecule has 12 nitrogen and oxygen atoms in total. The molecule has 4 fully saturated rings. The molecule has 0 amide bonds. The van der Waals surface area contributed by atoms with Crippen LogP contribution in [0.3, 0.4) is 0 Å². The number of rotatable bonds is 2. The molecule has 0 aromatic heterocycles. The second-order valence-corrected chi connectivity index (χ2v) is 17.9. The van der Waals surface area contributed by atoms with Crippen molar-refractivity contribution < 1.29 is 29.6 Å². The number of piperidine rings is 3. The van der Waals surface area contributed by atoms with E-state index < -0.39 is 17.6 Å². The van der Waals surface area contributed by atoms with Gasteiger partial charge in [-0.05, 0) is 111 Å². The minimum absolute atomic E-state index is 0.0166. The molecule has 54 heavy (non-hydrogen) atoms. The van der Waals surface area contributed by atoms with Crippen LogP contribution < -0.4 is 21.1 Å². The van der Waals surface area contributed by atoms with E-state index >= 15 is 0 Å². The maximum atomic E-state index is 12.8. The maximum Gasteiger partial charge on any atom is 0.302 e. The summed E-state index contributed by atoms with van der Waals surface area (Å²) in [6, 6.07) is 3.77. The quantitative estimate of drug-likeness (QED) is 0.195. The van der Waals surface area contributed by atoms with Gasteiger partial charge in [-0.25, -0.2) is 4.99 Å². The highest BCUT2D eigenvalue weighted by molar-refractivity contribution is 5.77. The SMILES string of the molecule is CC(=O)O[C@H]1C[C@@H](O)[C@H]2CC[C@H]3CN4C[C@@H]5C[C@@H](CN(CN=C(N)NC[C@]3(C#C[C@H]3CCC[C@@H]6C[C@H](CCN6)Oc6cc(c(CO)cc6O)C[C@@H]13)C2)C5)C4. The maximum absolute atomic E-state index is 12.8. The van der Waals surface area contributed by atoms with Crippen LogP contribution in [-0.2, 0) is 22.6 Å². The number of guanidine groups is 1. The van der Waals surface area contributed by atoms with Crippen molar-refractivity contribution in [2.75, 3.05) is 52.5 Å². The van der Waals surface area contributed by atoms with Gasteiger partial charge in [0.25, 0.3) is 0 Å². The molecule has 1 saturated carbocycles. The highest BCUT2D eigenvalue weighted by Gasteiger charge is 2.48. The van der Waals surface area contributed by atoms with Gasteiger partial charge in [-0.2, -0.15) is 0 Å². The Kier molecular flexibility index (Phi) is 11.3. The highest BCUT2D eigenvalue weighted by Crippen LogP contribution is 2.48. The number of aliphatic imine (C=N–C) groups is 1. The third-order valence-corrected chi connectivity index (χ3v) is 14.1. The lowest BCUT2D eigenvalue weighted by atomic mass is 9.60. The summed E-state index contributed by atoms with van der Waals surface area (Å²) in [5.41, 5.74) is 7.61. The molecule has 13 atom stereocenters. The zero-order chi connectivity index (χ0) is 37.4. The zero-order valence-electron chi connectivity index (χ0n) is 32.1. The number of aliphatic hydroxyl groups excluding tert-OH is 2. The monoisotopic (exact) mass is 746 g/mol. The summed E-state index contributed by atoms with van der Waals surface area (Å²) >= 11 is 0. The highest BCUT2D eigenvalue weighted by atomic mass is 16.5. The fraction of sp³-hybridized carbons (Fsp3) is 0.762. The Morgan fingerprint density at radius 1 is 1.07 bits per heavy atom. The number of esters is 1. The van der Waals surface area contributed by atoms with Crippen molar-refractivity contribution in [3.05, 3.63) is 23.3 Å². The predicted octanol–water partition coefficient (Wildman–Crippen LogP) is 2.57. The van der Waals surface area contributed by atoms with Crippen LogP contribution in [0.4, 0.5) is 0 Å². The fourth-order valence-corrected chi connectivity index (χ4v) is 11.5. The van der Waals surface area contributed by atoms with Crippen molar-refractivity contribution in [2.45, 2.75) is 109 Å². The molecule has 12 heteroatoms. The summed E-state index contributed by atoms with van der Waals surface area (Å²) in [7, 11) is 0. The van der Waals surface area contributed by atoms with Crippen LogP contribution in [0.2, 0.25) is 0 Å². The molecule has 7 N–H and O–H groups in total. The van der Waals surface area contributed by atoms with Gasteiger partial charge in [0.05, 0.1) is 24.8 Å². The minimum atomic E-state index is -0.688. The summed E-state index contributed by atoms with van der Waals surface area (Å²) in [6.07, 6.45) is 7.73. The van der Waals surface area contributed by atoms with Gasteiger partial charge < -0.3 is 46.1 Å². The first-order chi connectivity index (χ1) is 26.1. The standard InChI is InChI=1S/C42H62N6O6/c1-26(50)53-39-16-37(51)30-5-6-33-22-47-18-27-11-28(19-47)21-48(20-27)25-46-41(43)45-24-42(33,17-30)9-7-29-3-2-4-34-15-35(8-10-44-34)54-40-14-31(12-36(29)39)32(23-49)13-38(40)52/h13-14,27-30,33-37,39,44,49,51-52H,2-6,8,10-12,15-25H2,1H3,(H3,43,45,46)/t27-,28+,29-,30+,33+,34-,35+,36-,37-,39+,42+/m1/s1. The number of phenols is 1. The predicted molar refractivity (Wildman–Crippen MR) is 205 cm³/mol. The molecule has 10 bridgehead atoms. The van der Waals surface area contributed by atoms with Gasteiger partial charge in [-0.3, -0.25) is 9.69 Å². The summed E-state index contributed by atoms with van der Waals surface area (Å²) in [6.45, 7) is 8.51. The fourth-order valence-electron chi connectivity index (χ4n) is 11.5. The van der Waals surface area contributed by atoms with E-state index in [1.807, 2.05) is 6.07 Å².